The lowest BCUT2D eigenvalue weighted by Gasteiger charge is -2.33. The van der Waals surface area contributed by atoms with Crippen molar-refractivity contribution in [2.24, 2.45) is 0 Å². The number of nitro groups is 1. The number of rotatable bonds is 2. The van der Waals surface area contributed by atoms with Crippen molar-refractivity contribution in [2.75, 3.05) is 0 Å². The SMILES string of the molecule is O=[N+]([O-])C1=CC=C(c2ccccc2)C(F)(C(F)(F)F)C1F. The van der Waals surface area contributed by atoms with Crippen molar-refractivity contribution in [3.8, 4) is 0 Å². The van der Waals surface area contributed by atoms with E-state index in [1.165, 1.54) is 30.3 Å². The van der Waals surface area contributed by atoms with Gasteiger partial charge in [-0.05, 0) is 11.6 Å². The summed E-state index contributed by atoms with van der Waals surface area (Å²) in [7, 11) is 0. The lowest BCUT2D eigenvalue weighted by atomic mass is 9.80. The van der Waals surface area contributed by atoms with Gasteiger partial charge in [0.05, 0.1) is 4.92 Å². The molecule has 0 N–H and O–H groups in total. The Morgan fingerprint density at radius 3 is 2.19 bits per heavy atom. The first kappa shape index (κ1) is 15.1. The van der Waals surface area contributed by atoms with Crippen LogP contribution < -0.4 is 0 Å². The summed E-state index contributed by atoms with van der Waals surface area (Å²) in [6.07, 6.45) is -7.93. The zero-order chi connectivity index (χ0) is 15.8. The molecular weight excluding hydrogens is 297 g/mol. The molecule has 0 aromatic heterocycles. The fourth-order valence-corrected chi connectivity index (χ4v) is 2.09. The quantitative estimate of drug-likeness (QED) is 0.473. The van der Waals surface area contributed by atoms with E-state index in [0.29, 0.717) is 12.2 Å². The van der Waals surface area contributed by atoms with Crippen LogP contribution in [0.25, 0.3) is 5.57 Å². The van der Waals surface area contributed by atoms with Crippen LogP contribution in [-0.2, 0) is 0 Å². The molecule has 0 saturated heterocycles. The molecule has 0 bridgehead atoms. The predicted molar refractivity (Wildman–Crippen MR) is 64.3 cm³/mol. The van der Waals surface area contributed by atoms with Crippen LogP contribution in [0, 0.1) is 10.1 Å². The van der Waals surface area contributed by atoms with E-state index in [2.05, 4.69) is 0 Å². The van der Waals surface area contributed by atoms with Crippen molar-refractivity contribution >= 4 is 5.57 Å². The Labute approximate surface area is 115 Å². The van der Waals surface area contributed by atoms with Gasteiger partial charge in [0.1, 0.15) is 0 Å². The van der Waals surface area contributed by atoms with E-state index in [0.717, 1.165) is 0 Å². The first-order chi connectivity index (χ1) is 9.69. The highest BCUT2D eigenvalue weighted by Gasteiger charge is 2.68. The lowest BCUT2D eigenvalue weighted by molar-refractivity contribution is -0.439. The van der Waals surface area contributed by atoms with E-state index in [-0.39, 0.29) is 5.56 Å². The second-order valence-electron chi connectivity index (χ2n) is 4.37. The minimum absolute atomic E-state index is 0.196. The van der Waals surface area contributed by atoms with Crippen molar-refractivity contribution in [3.05, 3.63) is 63.9 Å². The van der Waals surface area contributed by atoms with Gasteiger partial charge in [0.2, 0.25) is 6.17 Å². The van der Waals surface area contributed by atoms with Gasteiger partial charge in [0.25, 0.3) is 11.4 Å². The summed E-state index contributed by atoms with van der Waals surface area (Å²) in [5.74, 6) is 0. The van der Waals surface area contributed by atoms with Crippen molar-refractivity contribution in [1.29, 1.82) is 0 Å². The van der Waals surface area contributed by atoms with Gasteiger partial charge in [-0.1, -0.05) is 30.3 Å². The molecule has 21 heavy (non-hydrogen) atoms. The molecular formula is C13H8F5NO2. The fourth-order valence-electron chi connectivity index (χ4n) is 2.09. The van der Waals surface area contributed by atoms with Crippen LogP contribution in [0.15, 0.2) is 48.2 Å². The summed E-state index contributed by atoms with van der Waals surface area (Å²) < 4.78 is 67.6. The van der Waals surface area contributed by atoms with E-state index in [1.807, 2.05) is 0 Å². The van der Waals surface area contributed by atoms with Crippen LogP contribution in [0.3, 0.4) is 0 Å². The zero-order valence-electron chi connectivity index (χ0n) is 10.3. The molecule has 8 heteroatoms. The van der Waals surface area contributed by atoms with Crippen LogP contribution in [0.1, 0.15) is 5.56 Å². The third-order valence-corrected chi connectivity index (χ3v) is 3.13. The van der Waals surface area contributed by atoms with Gasteiger partial charge in [0.15, 0.2) is 0 Å². The second-order valence-corrected chi connectivity index (χ2v) is 4.37. The highest BCUT2D eigenvalue weighted by Crippen LogP contribution is 2.51. The summed E-state index contributed by atoms with van der Waals surface area (Å²) in [5, 5.41) is 10.6. The van der Waals surface area contributed by atoms with E-state index in [4.69, 9.17) is 0 Å². The van der Waals surface area contributed by atoms with Crippen LogP contribution in [-0.4, -0.2) is 22.9 Å². The van der Waals surface area contributed by atoms with Gasteiger partial charge in [-0.3, -0.25) is 10.1 Å². The lowest BCUT2D eigenvalue weighted by Crippen LogP contribution is -2.52. The molecule has 3 nitrogen and oxygen atoms in total. The van der Waals surface area contributed by atoms with Crippen LogP contribution in [0.2, 0.25) is 0 Å². The van der Waals surface area contributed by atoms with E-state index in [9.17, 15) is 32.1 Å². The number of allylic oxidation sites excluding steroid dienone is 4. The molecule has 1 aliphatic carbocycles. The molecule has 2 rings (SSSR count). The van der Waals surface area contributed by atoms with Gasteiger partial charge >= 0.3 is 6.18 Å². The molecule has 0 fully saturated rings. The number of nitrogens with zero attached hydrogens (tertiary/aromatic N) is 1. The molecule has 112 valence electrons. The Morgan fingerprint density at radius 2 is 1.71 bits per heavy atom. The number of hydrogen-bond acceptors (Lipinski definition) is 2. The van der Waals surface area contributed by atoms with Gasteiger partial charge in [-0.2, -0.15) is 13.2 Å². The topological polar surface area (TPSA) is 43.1 Å². The van der Waals surface area contributed by atoms with E-state index >= 15 is 0 Å². The summed E-state index contributed by atoms with van der Waals surface area (Å²) in [6.45, 7) is 0. The number of benzene rings is 1. The first-order valence-electron chi connectivity index (χ1n) is 5.71. The molecule has 1 aliphatic rings. The molecule has 0 aliphatic heterocycles. The average molecular weight is 305 g/mol. The molecule has 0 radical (unpaired) electrons. The first-order valence-corrected chi connectivity index (χ1v) is 5.71. The van der Waals surface area contributed by atoms with Gasteiger partial charge in [0, 0.05) is 11.6 Å². The fraction of sp³-hybridized carbons (Fsp3) is 0.231. The van der Waals surface area contributed by atoms with Crippen LogP contribution in [0.5, 0.6) is 0 Å². The summed E-state index contributed by atoms with van der Waals surface area (Å²) in [4.78, 5) is 9.20. The van der Waals surface area contributed by atoms with Gasteiger partial charge in [-0.15, -0.1) is 0 Å². The molecule has 0 spiro atoms. The number of hydrogen-bond donors (Lipinski definition) is 0. The highest BCUT2D eigenvalue weighted by molar-refractivity contribution is 5.77. The normalized spacial score (nSPS) is 26.0. The Morgan fingerprint density at radius 1 is 1.14 bits per heavy atom. The Kier molecular flexibility index (Phi) is 3.56. The minimum atomic E-state index is -5.64. The monoisotopic (exact) mass is 305 g/mol. The third kappa shape index (κ3) is 2.30. The van der Waals surface area contributed by atoms with Crippen molar-refractivity contribution in [2.45, 2.75) is 18.0 Å². The standard InChI is InChI=1S/C13H8F5NO2/c14-11-10(19(20)21)7-6-9(8-4-2-1-3-5-8)12(11,15)13(16,17)18/h1-7,11H. The Hall–Kier alpha value is -2.25. The summed E-state index contributed by atoms with van der Waals surface area (Å²) in [5.41, 5.74) is -7.12. The minimum Gasteiger partial charge on any atom is -0.259 e. The zero-order valence-corrected chi connectivity index (χ0v) is 10.3. The molecule has 0 amide bonds. The van der Waals surface area contributed by atoms with Crippen molar-refractivity contribution < 1.29 is 26.9 Å². The van der Waals surface area contributed by atoms with Crippen molar-refractivity contribution in [1.82, 2.24) is 0 Å². The Bertz CT molecular complexity index is 623. The molecule has 2 atom stereocenters. The molecule has 0 saturated carbocycles. The van der Waals surface area contributed by atoms with E-state index in [1.54, 1.807) is 0 Å². The summed E-state index contributed by atoms with van der Waals surface area (Å²) >= 11 is 0. The van der Waals surface area contributed by atoms with Crippen molar-refractivity contribution in [3.63, 3.8) is 0 Å². The molecule has 0 heterocycles. The van der Waals surface area contributed by atoms with E-state index < -0.39 is 34.2 Å². The van der Waals surface area contributed by atoms with Crippen LogP contribution >= 0.6 is 0 Å². The van der Waals surface area contributed by atoms with Gasteiger partial charge < -0.3 is 0 Å². The van der Waals surface area contributed by atoms with Gasteiger partial charge in [-0.25, -0.2) is 8.78 Å². The average Bonchev–Trinajstić information content (AvgIpc) is 2.41. The molecule has 1 aromatic rings. The summed E-state index contributed by atoms with van der Waals surface area (Å²) in [6, 6.07) is 6.54. The maximum Gasteiger partial charge on any atom is 0.430 e. The molecule has 1 aromatic carbocycles. The highest BCUT2D eigenvalue weighted by atomic mass is 19.4. The Balaban J connectivity index is 2.67. The van der Waals surface area contributed by atoms with Crippen LogP contribution in [0.4, 0.5) is 22.0 Å². The third-order valence-electron chi connectivity index (χ3n) is 3.13. The number of halogens is 5. The number of alkyl halides is 5. The second kappa shape index (κ2) is 4.94. The maximum absolute atomic E-state index is 14.5. The smallest absolute Gasteiger partial charge is 0.259 e. The predicted octanol–water partition coefficient (Wildman–Crippen LogP) is 3.85. The largest absolute Gasteiger partial charge is 0.430 e. The maximum atomic E-state index is 14.5. The molecule has 2 unspecified atom stereocenters.